The fraction of sp³-hybridized carbons (Fsp3) is 0.462. The Morgan fingerprint density at radius 1 is 1.45 bits per heavy atom. The zero-order chi connectivity index (χ0) is 14.8. The van der Waals surface area contributed by atoms with Gasteiger partial charge in [0.05, 0.1) is 29.5 Å². The van der Waals surface area contributed by atoms with E-state index >= 15 is 0 Å². The number of nitrogens with zero attached hydrogens (tertiary/aromatic N) is 1. The number of ether oxygens (including phenoxy) is 1. The van der Waals surface area contributed by atoms with Gasteiger partial charge in [-0.15, -0.1) is 0 Å². The van der Waals surface area contributed by atoms with Crippen LogP contribution in [-0.2, 0) is 19.4 Å². The van der Waals surface area contributed by atoms with Crippen molar-refractivity contribution >= 4 is 21.5 Å². The molecule has 1 aliphatic rings. The van der Waals surface area contributed by atoms with Crippen molar-refractivity contribution in [2.24, 2.45) is 0 Å². The van der Waals surface area contributed by atoms with Gasteiger partial charge in [-0.1, -0.05) is 19.1 Å². The van der Waals surface area contributed by atoms with Crippen LogP contribution >= 0.6 is 0 Å². The van der Waals surface area contributed by atoms with Crippen LogP contribution in [0, 0.1) is 0 Å². The molecule has 1 aliphatic heterocycles. The third kappa shape index (κ3) is 2.94. The van der Waals surface area contributed by atoms with Crippen LogP contribution in [0.3, 0.4) is 0 Å². The zero-order valence-corrected chi connectivity index (χ0v) is 12.0. The molecule has 0 saturated carbocycles. The molecular formula is C13H17NO5S. The standard InChI is InChI=1S/C13H17NO5S/c1-2-20(17,18)12-6-4-3-5-10(12)14-7-8-19-11(9-14)13(15)16/h3-6,11H,2,7-9H2,1H3,(H,15,16). The lowest BCUT2D eigenvalue weighted by atomic mass is 10.2. The first-order valence-electron chi connectivity index (χ1n) is 6.37. The minimum absolute atomic E-state index is 0.0106. The number of carboxylic acids is 1. The third-order valence-electron chi connectivity index (χ3n) is 3.26. The smallest absolute Gasteiger partial charge is 0.334 e. The second-order valence-corrected chi connectivity index (χ2v) is 6.76. The lowest BCUT2D eigenvalue weighted by Gasteiger charge is -2.33. The van der Waals surface area contributed by atoms with E-state index in [0.29, 0.717) is 12.2 Å². The molecule has 2 rings (SSSR count). The molecule has 20 heavy (non-hydrogen) atoms. The number of para-hydroxylation sites is 1. The maximum absolute atomic E-state index is 12.1. The van der Waals surface area contributed by atoms with Crippen molar-refractivity contribution in [2.45, 2.75) is 17.9 Å². The highest BCUT2D eigenvalue weighted by Gasteiger charge is 2.29. The van der Waals surface area contributed by atoms with Crippen molar-refractivity contribution in [3.05, 3.63) is 24.3 Å². The van der Waals surface area contributed by atoms with Gasteiger partial charge in [-0.25, -0.2) is 13.2 Å². The Labute approximate surface area is 117 Å². The second kappa shape index (κ2) is 5.80. The summed E-state index contributed by atoms with van der Waals surface area (Å²) in [4.78, 5) is 13.0. The number of aliphatic carboxylic acids is 1. The number of sulfone groups is 1. The number of benzene rings is 1. The van der Waals surface area contributed by atoms with E-state index < -0.39 is 21.9 Å². The lowest BCUT2D eigenvalue weighted by Crippen LogP contribution is -2.46. The summed E-state index contributed by atoms with van der Waals surface area (Å²) in [6.07, 6.45) is -0.930. The predicted molar refractivity (Wildman–Crippen MR) is 73.8 cm³/mol. The van der Waals surface area contributed by atoms with E-state index in [1.807, 2.05) is 0 Å². The molecule has 1 atom stereocenters. The second-order valence-electron chi connectivity index (χ2n) is 4.51. The minimum Gasteiger partial charge on any atom is -0.479 e. The van der Waals surface area contributed by atoms with Crippen molar-refractivity contribution in [1.29, 1.82) is 0 Å². The molecule has 0 spiro atoms. The average molecular weight is 299 g/mol. The first kappa shape index (κ1) is 14.8. The Bertz CT molecular complexity index is 599. The molecule has 1 unspecified atom stereocenters. The largest absolute Gasteiger partial charge is 0.479 e. The Balaban J connectivity index is 2.36. The number of carbonyl (C=O) groups is 1. The number of hydrogen-bond donors (Lipinski definition) is 1. The summed E-state index contributed by atoms with van der Waals surface area (Å²) in [5.74, 6) is -1.03. The van der Waals surface area contributed by atoms with Crippen molar-refractivity contribution in [3.63, 3.8) is 0 Å². The molecule has 0 aromatic heterocycles. The van der Waals surface area contributed by atoms with Crippen molar-refractivity contribution in [3.8, 4) is 0 Å². The first-order chi connectivity index (χ1) is 9.45. The van der Waals surface area contributed by atoms with Crippen LogP contribution in [0.2, 0.25) is 0 Å². The van der Waals surface area contributed by atoms with E-state index in [0.717, 1.165) is 0 Å². The molecule has 0 radical (unpaired) electrons. The molecule has 1 aromatic rings. The van der Waals surface area contributed by atoms with Crippen molar-refractivity contribution in [2.75, 3.05) is 30.3 Å². The van der Waals surface area contributed by atoms with Gasteiger partial charge in [-0.05, 0) is 12.1 Å². The van der Waals surface area contributed by atoms with Crippen LogP contribution in [-0.4, -0.2) is 51.0 Å². The van der Waals surface area contributed by atoms with Crippen LogP contribution in [0.5, 0.6) is 0 Å². The van der Waals surface area contributed by atoms with Crippen LogP contribution in [0.25, 0.3) is 0 Å². The highest BCUT2D eigenvalue weighted by molar-refractivity contribution is 7.91. The topological polar surface area (TPSA) is 83.9 Å². The molecule has 1 fully saturated rings. The molecule has 1 saturated heterocycles. The predicted octanol–water partition coefficient (Wildman–Crippen LogP) is 0.770. The van der Waals surface area contributed by atoms with E-state index in [2.05, 4.69) is 0 Å². The van der Waals surface area contributed by atoms with Gasteiger partial charge in [-0.3, -0.25) is 0 Å². The SMILES string of the molecule is CCS(=O)(=O)c1ccccc1N1CCOC(C(=O)O)C1. The number of morpholine rings is 1. The van der Waals surface area contributed by atoms with Gasteiger partial charge in [0.15, 0.2) is 15.9 Å². The number of rotatable bonds is 4. The summed E-state index contributed by atoms with van der Waals surface area (Å²) in [5, 5.41) is 9.01. The fourth-order valence-electron chi connectivity index (χ4n) is 2.15. The average Bonchev–Trinajstić information content (AvgIpc) is 2.47. The molecule has 0 bridgehead atoms. The number of carboxylic acid groups (broad SMARTS) is 1. The molecule has 0 amide bonds. The number of hydrogen-bond acceptors (Lipinski definition) is 5. The lowest BCUT2D eigenvalue weighted by molar-refractivity contribution is -0.150. The zero-order valence-electron chi connectivity index (χ0n) is 11.2. The molecular weight excluding hydrogens is 282 g/mol. The van der Waals surface area contributed by atoms with E-state index in [4.69, 9.17) is 9.84 Å². The van der Waals surface area contributed by atoms with Crippen LogP contribution < -0.4 is 4.90 Å². The highest BCUT2D eigenvalue weighted by atomic mass is 32.2. The van der Waals surface area contributed by atoms with Crippen LogP contribution in [0.4, 0.5) is 5.69 Å². The Hall–Kier alpha value is -1.60. The molecule has 1 N–H and O–H groups in total. The summed E-state index contributed by atoms with van der Waals surface area (Å²) >= 11 is 0. The van der Waals surface area contributed by atoms with Crippen LogP contribution in [0.1, 0.15) is 6.92 Å². The third-order valence-corrected chi connectivity index (χ3v) is 5.04. The van der Waals surface area contributed by atoms with Crippen molar-refractivity contribution in [1.82, 2.24) is 0 Å². The van der Waals surface area contributed by atoms with Gasteiger partial charge < -0.3 is 14.7 Å². The minimum atomic E-state index is -3.35. The highest BCUT2D eigenvalue weighted by Crippen LogP contribution is 2.27. The maximum atomic E-state index is 12.1. The Kier molecular flexibility index (Phi) is 4.29. The molecule has 0 aliphatic carbocycles. The summed E-state index contributed by atoms with van der Waals surface area (Å²) in [6.45, 7) is 2.47. The van der Waals surface area contributed by atoms with Gasteiger partial charge in [-0.2, -0.15) is 0 Å². The molecule has 1 aromatic carbocycles. The molecule has 110 valence electrons. The summed E-state index contributed by atoms with van der Waals surface area (Å²) in [6, 6.07) is 6.67. The molecule has 6 nitrogen and oxygen atoms in total. The number of anilines is 1. The van der Waals surface area contributed by atoms with Crippen LogP contribution in [0.15, 0.2) is 29.2 Å². The summed E-state index contributed by atoms with van der Waals surface area (Å²) in [7, 11) is -3.35. The first-order valence-corrected chi connectivity index (χ1v) is 8.02. The molecule has 1 heterocycles. The van der Waals surface area contributed by atoms with Gasteiger partial charge in [0.25, 0.3) is 0 Å². The van der Waals surface area contributed by atoms with E-state index in [1.54, 1.807) is 36.1 Å². The van der Waals surface area contributed by atoms with Gasteiger partial charge in [0, 0.05) is 6.54 Å². The van der Waals surface area contributed by atoms with E-state index in [-0.39, 0.29) is 23.8 Å². The van der Waals surface area contributed by atoms with E-state index in [9.17, 15) is 13.2 Å². The maximum Gasteiger partial charge on any atom is 0.334 e. The summed E-state index contributed by atoms with van der Waals surface area (Å²) < 4.78 is 29.4. The summed E-state index contributed by atoms with van der Waals surface area (Å²) in [5.41, 5.74) is 0.545. The molecule has 7 heteroatoms. The van der Waals surface area contributed by atoms with Crippen molar-refractivity contribution < 1.29 is 23.1 Å². The van der Waals surface area contributed by atoms with E-state index in [1.165, 1.54) is 0 Å². The Morgan fingerprint density at radius 3 is 2.80 bits per heavy atom. The quantitative estimate of drug-likeness (QED) is 0.884. The Morgan fingerprint density at radius 2 is 2.15 bits per heavy atom. The van der Waals surface area contributed by atoms with Gasteiger partial charge >= 0.3 is 5.97 Å². The van der Waals surface area contributed by atoms with Gasteiger partial charge in [0.2, 0.25) is 0 Å². The monoisotopic (exact) mass is 299 g/mol. The van der Waals surface area contributed by atoms with Gasteiger partial charge in [0.1, 0.15) is 0 Å². The fourth-order valence-corrected chi connectivity index (χ4v) is 3.27. The normalized spacial score (nSPS) is 19.9.